The number of rotatable bonds is 8. The molecule has 160 valence electrons. The first-order valence-corrected chi connectivity index (χ1v) is 9.30. The summed E-state index contributed by atoms with van der Waals surface area (Å²) in [6, 6.07) is 8.20. The summed E-state index contributed by atoms with van der Waals surface area (Å²) in [6.07, 6.45) is 0. The monoisotopic (exact) mass is 505 g/mol. The first-order valence-electron chi connectivity index (χ1n) is 9.30. The molecular weight excluding hydrogens is 469 g/mol. The van der Waals surface area contributed by atoms with Gasteiger partial charge in [0.2, 0.25) is 5.91 Å². The molecule has 7 nitrogen and oxygen atoms in total. The van der Waals surface area contributed by atoms with E-state index in [1.165, 1.54) is 5.56 Å². The van der Waals surface area contributed by atoms with E-state index in [1.807, 2.05) is 53.9 Å². The van der Waals surface area contributed by atoms with E-state index in [1.54, 1.807) is 7.11 Å². The average Bonchev–Trinajstić information content (AvgIpc) is 2.58. The van der Waals surface area contributed by atoms with Gasteiger partial charge in [0.15, 0.2) is 5.96 Å². The average molecular weight is 505 g/mol. The molecule has 3 N–H and O–H groups in total. The third-order valence-electron chi connectivity index (χ3n) is 3.83. The van der Waals surface area contributed by atoms with Crippen LogP contribution in [-0.4, -0.2) is 63.1 Å². The van der Waals surface area contributed by atoms with Gasteiger partial charge in [-0.3, -0.25) is 4.79 Å². The van der Waals surface area contributed by atoms with E-state index < -0.39 is 0 Å². The fourth-order valence-corrected chi connectivity index (χ4v) is 2.57. The number of carbonyl (C=O) groups is 1. The lowest BCUT2D eigenvalue weighted by atomic mass is 10.1. The Hall–Kier alpha value is -1.55. The Kier molecular flexibility index (Phi) is 12.1. The molecule has 1 aromatic carbocycles. The molecule has 0 heterocycles. The summed E-state index contributed by atoms with van der Waals surface area (Å²) in [7, 11) is 5.74. The highest BCUT2D eigenvalue weighted by Gasteiger charge is 2.16. The van der Waals surface area contributed by atoms with Crippen molar-refractivity contribution >= 4 is 35.8 Å². The summed E-state index contributed by atoms with van der Waals surface area (Å²) in [4.78, 5) is 18.5. The lowest BCUT2D eigenvalue weighted by Crippen LogP contribution is -2.44. The van der Waals surface area contributed by atoms with Crippen LogP contribution < -0.4 is 20.7 Å². The molecule has 1 atom stereocenters. The van der Waals surface area contributed by atoms with Gasteiger partial charge in [-0.1, -0.05) is 12.1 Å². The summed E-state index contributed by atoms with van der Waals surface area (Å²) >= 11 is 0. The molecule has 0 spiro atoms. The largest absolute Gasteiger partial charge is 0.497 e. The van der Waals surface area contributed by atoms with Gasteiger partial charge in [-0.05, 0) is 59.5 Å². The minimum absolute atomic E-state index is 0. The fourth-order valence-electron chi connectivity index (χ4n) is 2.57. The summed E-state index contributed by atoms with van der Waals surface area (Å²) in [5, 5.41) is 9.43. The molecule has 0 fully saturated rings. The van der Waals surface area contributed by atoms with Crippen molar-refractivity contribution in [2.24, 2.45) is 4.99 Å². The Morgan fingerprint density at radius 2 is 1.79 bits per heavy atom. The number of hydrogen-bond donors (Lipinski definition) is 3. The summed E-state index contributed by atoms with van der Waals surface area (Å²) in [5.74, 6) is 1.37. The van der Waals surface area contributed by atoms with Crippen LogP contribution in [0.4, 0.5) is 0 Å². The molecule has 28 heavy (non-hydrogen) atoms. The first kappa shape index (κ1) is 26.4. The Morgan fingerprint density at radius 1 is 1.18 bits per heavy atom. The van der Waals surface area contributed by atoms with E-state index >= 15 is 0 Å². The van der Waals surface area contributed by atoms with Crippen LogP contribution in [0.1, 0.15) is 39.3 Å². The molecule has 0 radical (unpaired) electrons. The van der Waals surface area contributed by atoms with Crippen LogP contribution in [0, 0.1) is 0 Å². The van der Waals surface area contributed by atoms with E-state index in [2.05, 4.69) is 38.0 Å². The number of amides is 1. The molecule has 0 aromatic heterocycles. The number of likely N-dealkylation sites (N-methyl/N-ethyl adjacent to an activating group) is 1. The number of ether oxygens (including phenoxy) is 1. The molecule has 0 aliphatic heterocycles. The topological polar surface area (TPSA) is 78.0 Å². The van der Waals surface area contributed by atoms with Gasteiger partial charge in [0.05, 0.1) is 13.2 Å². The number of hydrogen-bond acceptors (Lipinski definition) is 4. The standard InChI is InChI=1S/C20H35N5O2.HI/c1-8-21-19(23-14-18(26)24-20(2,3)4)22-13-17(25(5)6)15-9-11-16(27-7)12-10-15;/h9-12,17H,8,13-14H2,1-7H3,(H,24,26)(H2,21,22,23);1H. The number of aliphatic imine (C=N–C) groups is 1. The minimum Gasteiger partial charge on any atom is -0.497 e. The van der Waals surface area contributed by atoms with Crippen LogP contribution in [0.2, 0.25) is 0 Å². The van der Waals surface area contributed by atoms with Crippen molar-refractivity contribution in [3.63, 3.8) is 0 Å². The van der Waals surface area contributed by atoms with Crippen molar-refractivity contribution in [1.29, 1.82) is 0 Å². The Labute approximate surface area is 186 Å². The minimum atomic E-state index is -0.261. The van der Waals surface area contributed by atoms with Crippen LogP contribution in [0.5, 0.6) is 5.75 Å². The van der Waals surface area contributed by atoms with Crippen molar-refractivity contribution in [2.45, 2.75) is 39.3 Å². The Bertz CT molecular complexity index is 612. The van der Waals surface area contributed by atoms with E-state index in [9.17, 15) is 4.79 Å². The highest BCUT2D eigenvalue weighted by atomic mass is 127. The van der Waals surface area contributed by atoms with Crippen molar-refractivity contribution < 1.29 is 9.53 Å². The van der Waals surface area contributed by atoms with Gasteiger partial charge in [-0.2, -0.15) is 0 Å². The number of nitrogens with one attached hydrogen (secondary N) is 3. The van der Waals surface area contributed by atoms with E-state index in [-0.39, 0.29) is 48.0 Å². The maximum absolute atomic E-state index is 12.0. The van der Waals surface area contributed by atoms with Crippen LogP contribution in [0.3, 0.4) is 0 Å². The molecule has 0 saturated carbocycles. The number of carbonyl (C=O) groups excluding carboxylic acids is 1. The normalized spacial score (nSPS) is 12.8. The van der Waals surface area contributed by atoms with Gasteiger partial charge in [-0.25, -0.2) is 4.99 Å². The lowest BCUT2D eigenvalue weighted by Gasteiger charge is -2.26. The zero-order valence-corrected chi connectivity index (χ0v) is 20.5. The zero-order valence-electron chi connectivity index (χ0n) is 18.1. The molecule has 1 rings (SSSR count). The highest BCUT2D eigenvalue weighted by Crippen LogP contribution is 2.20. The van der Waals surface area contributed by atoms with Crippen molar-refractivity contribution in [3.05, 3.63) is 29.8 Å². The SMILES string of the molecule is CCNC(=NCC(=O)NC(C)(C)C)NCC(c1ccc(OC)cc1)N(C)C.I. The number of benzene rings is 1. The van der Waals surface area contributed by atoms with E-state index in [0.29, 0.717) is 12.5 Å². The maximum Gasteiger partial charge on any atom is 0.242 e. The molecule has 0 aliphatic carbocycles. The van der Waals surface area contributed by atoms with Crippen LogP contribution in [0.25, 0.3) is 0 Å². The van der Waals surface area contributed by atoms with Crippen molar-refractivity contribution in [1.82, 2.24) is 20.9 Å². The van der Waals surface area contributed by atoms with Crippen LogP contribution in [-0.2, 0) is 4.79 Å². The Balaban J connectivity index is 0.00000729. The molecule has 1 aromatic rings. The zero-order chi connectivity index (χ0) is 20.4. The number of halogens is 1. The van der Waals surface area contributed by atoms with Gasteiger partial charge in [0.1, 0.15) is 12.3 Å². The quantitative estimate of drug-likeness (QED) is 0.288. The van der Waals surface area contributed by atoms with Crippen LogP contribution >= 0.6 is 24.0 Å². The van der Waals surface area contributed by atoms with Crippen molar-refractivity contribution in [3.8, 4) is 5.75 Å². The molecule has 0 bridgehead atoms. The third kappa shape index (κ3) is 10.1. The molecule has 8 heteroatoms. The summed E-state index contributed by atoms with van der Waals surface area (Å²) in [6.45, 7) is 9.33. The maximum atomic E-state index is 12.0. The summed E-state index contributed by atoms with van der Waals surface area (Å²) < 4.78 is 5.23. The number of guanidine groups is 1. The third-order valence-corrected chi connectivity index (χ3v) is 3.83. The van der Waals surface area contributed by atoms with Gasteiger partial charge < -0.3 is 25.6 Å². The predicted molar refractivity (Wildman–Crippen MR) is 127 cm³/mol. The summed E-state index contributed by atoms with van der Waals surface area (Å²) in [5.41, 5.74) is 0.914. The second-order valence-corrected chi connectivity index (χ2v) is 7.63. The van der Waals surface area contributed by atoms with Crippen LogP contribution in [0.15, 0.2) is 29.3 Å². The highest BCUT2D eigenvalue weighted by molar-refractivity contribution is 14.0. The predicted octanol–water partition coefficient (Wildman–Crippen LogP) is 2.39. The smallest absolute Gasteiger partial charge is 0.242 e. The number of nitrogens with zero attached hydrogens (tertiary/aromatic N) is 2. The Morgan fingerprint density at radius 3 is 2.25 bits per heavy atom. The van der Waals surface area contributed by atoms with Gasteiger partial charge in [0, 0.05) is 18.6 Å². The van der Waals surface area contributed by atoms with Crippen molar-refractivity contribution in [2.75, 3.05) is 40.8 Å². The molecular formula is C20H36IN5O2. The van der Waals surface area contributed by atoms with Gasteiger partial charge in [-0.15, -0.1) is 24.0 Å². The molecule has 0 aliphatic rings. The van der Waals surface area contributed by atoms with Gasteiger partial charge in [0.25, 0.3) is 0 Å². The fraction of sp³-hybridized carbons (Fsp3) is 0.600. The second-order valence-electron chi connectivity index (χ2n) is 7.63. The van der Waals surface area contributed by atoms with E-state index in [0.717, 1.165) is 12.3 Å². The second kappa shape index (κ2) is 12.8. The molecule has 1 amide bonds. The lowest BCUT2D eigenvalue weighted by molar-refractivity contribution is -0.121. The molecule has 1 unspecified atom stereocenters. The molecule has 0 saturated heterocycles. The first-order chi connectivity index (χ1) is 12.7. The van der Waals surface area contributed by atoms with Gasteiger partial charge >= 0.3 is 0 Å². The van der Waals surface area contributed by atoms with E-state index in [4.69, 9.17) is 4.74 Å². The number of methoxy groups -OCH3 is 1.